The molecule has 0 bridgehead atoms. The first-order valence-electron chi connectivity index (χ1n) is 8.60. The molecule has 0 aliphatic rings. The number of rotatable bonds is 8. The molecular weight excluding hydrogens is 479 g/mol. The van der Waals surface area contributed by atoms with E-state index in [0.29, 0.717) is 6.54 Å². The molecule has 0 fully saturated rings. The molecule has 28 heavy (non-hydrogen) atoms. The largest absolute Gasteiger partial charge is 0.497 e. The first kappa shape index (κ1) is 23.9. The van der Waals surface area contributed by atoms with Crippen LogP contribution in [0.3, 0.4) is 0 Å². The third kappa shape index (κ3) is 7.87. The van der Waals surface area contributed by atoms with Crippen molar-refractivity contribution in [3.63, 3.8) is 0 Å². The van der Waals surface area contributed by atoms with Crippen LogP contribution in [0.5, 0.6) is 11.5 Å². The summed E-state index contributed by atoms with van der Waals surface area (Å²) >= 11 is 0. The van der Waals surface area contributed by atoms with Crippen LogP contribution in [0.15, 0.2) is 53.5 Å². The van der Waals surface area contributed by atoms with E-state index in [1.54, 1.807) is 26.3 Å². The van der Waals surface area contributed by atoms with Crippen molar-refractivity contribution in [2.75, 3.05) is 27.7 Å². The Labute approximate surface area is 181 Å². The van der Waals surface area contributed by atoms with E-state index in [1.807, 2.05) is 36.2 Å². The molecule has 154 valence electrons. The van der Waals surface area contributed by atoms with Crippen LogP contribution < -0.4 is 14.8 Å². The van der Waals surface area contributed by atoms with Crippen molar-refractivity contribution in [1.82, 2.24) is 10.2 Å². The second kappa shape index (κ2) is 12.4. The summed E-state index contributed by atoms with van der Waals surface area (Å²) in [5.41, 5.74) is 2.17. The molecule has 0 saturated heterocycles. The first-order valence-corrected chi connectivity index (χ1v) is 8.60. The quantitative estimate of drug-likeness (QED) is 0.333. The second-order valence-electron chi connectivity index (χ2n) is 5.95. The number of ether oxygens (including phenoxy) is 2. The fourth-order valence-electron chi connectivity index (χ4n) is 2.62. The first-order chi connectivity index (χ1) is 13.0. The smallest absolute Gasteiger partial charge is 0.387 e. The zero-order valence-electron chi connectivity index (χ0n) is 16.2. The van der Waals surface area contributed by atoms with Crippen molar-refractivity contribution in [2.24, 2.45) is 4.99 Å². The van der Waals surface area contributed by atoms with Gasteiger partial charge in [-0.05, 0) is 41.8 Å². The van der Waals surface area contributed by atoms with Gasteiger partial charge >= 0.3 is 6.61 Å². The van der Waals surface area contributed by atoms with Crippen LogP contribution in [0.2, 0.25) is 0 Å². The number of hydrogen-bond acceptors (Lipinski definition) is 3. The van der Waals surface area contributed by atoms with Gasteiger partial charge in [0.15, 0.2) is 5.96 Å². The Morgan fingerprint density at radius 3 is 2.14 bits per heavy atom. The van der Waals surface area contributed by atoms with Crippen molar-refractivity contribution in [2.45, 2.75) is 19.6 Å². The van der Waals surface area contributed by atoms with Crippen molar-refractivity contribution >= 4 is 29.9 Å². The highest BCUT2D eigenvalue weighted by molar-refractivity contribution is 14.0. The van der Waals surface area contributed by atoms with E-state index in [2.05, 4.69) is 15.0 Å². The number of guanidine groups is 1. The lowest BCUT2D eigenvalue weighted by atomic mass is 10.1. The molecular formula is C20H26F2IN3O2. The van der Waals surface area contributed by atoms with Crippen molar-refractivity contribution < 1.29 is 18.3 Å². The molecule has 2 aromatic carbocycles. The van der Waals surface area contributed by atoms with Crippen LogP contribution in [0, 0.1) is 0 Å². The zero-order valence-corrected chi connectivity index (χ0v) is 18.5. The summed E-state index contributed by atoms with van der Waals surface area (Å²) < 4.78 is 33.9. The fraction of sp³-hybridized carbons (Fsp3) is 0.350. The normalized spacial score (nSPS) is 11.0. The van der Waals surface area contributed by atoms with Crippen molar-refractivity contribution in [3.05, 3.63) is 59.7 Å². The highest BCUT2D eigenvalue weighted by atomic mass is 127. The van der Waals surface area contributed by atoms with E-state index < -0.39 is 6.61 Å². The van der Waals surface area contributed by atoms with E-state index in [0.717, 1.165) is 30.2 Å². The average Bonchev–Trinajstić information content (AvgIpc) is 2.67. The lowest BCUT2D eigenvalue weighted by molar-refractivity contribution is -0.0498. The number of nitrogens with one attached hydrogen (secondary N) is 1. The summed E-state index contributed by atoms with van der Waals surface area (Å²) in [5, 5.41) is 3.32. The average molecular weight is 505 g/mol. The minimum Gasteiger partial charge on any atom is -0.497 e. The Kier molecular flexibility index (Phi) is 10.6. The molecule has 0 aliphatic carbocycles. The van der Waals surface area contributed by atoms with E-state index in [1.165, 1.54) is 17.7 Å². The summed E-state index contributed by atoms with van der Waals surface area (Å²) in [6.45, 7) is -1.48. The van der Waals surface area contributed by atoms with Crippen LogP contribution in [-0.4, -0.2) is 45.2 Å². The van der Waals surface area contributed by atoms with Gasteiger partial charge in [0.1, 0.15) is 11.5 Å². The van der Waals surface area contributed by atoms with E-state index >= 15 is 0 Å². The molecule has 0 atom stereocenters. The molecule has 0 saturated carbocycles. The standard InChI is InChI=1S/C20H25F2N3O2.HI/c1-23-20(24-13-12-15-4-8-17(26-3)9-5-15)25(2)14-16-6-10-18(11-7-16)27-19(21)22;/h4-11,19H,12-14H2,1-3H3,(H,23,24);1H. The number of nitrogens with zero attached hydrogens (tertiary/aromatic N) is 2. The molecule has 0 aromatic heterocycles. The van der Waals surface area contributed by atoms with Gasteiger partial charge in [0, 0.05) is 27.2 Å². The maximum Gasteiger partial charge on any atom is 0.387 e. The van der Waals surface area contributed by atoms with Gasteiger partial charge in [-0.1, -0.05) is 24.3 Å². The third-order valence-electron chi connectivity index (χ3n) is 4.00. The van der Waals surface area contributed by atoms with E-state index in [4.69, 9.17) is 4.74 Å². The Balaban J connectivity index is 0.00000392. The summed E-state index contributed by atoms with van der Waals surface area (Å²) in [4.78, 5) is 6.26. The van der Waals surface area contributed by atoms with Gasteiger partial charge in [-0.25, -0.2) is 0 Å². The van der Waals surface area contributed by atoms with Crippen LogP contribution >= 0.6 is 24.0 Å². The molecule has 1 N–H and O–H groups in total. The van der Waals surface area contributed by atoms with Crippen molar-refractivity contribution in [3.8, 4) is 11.5 Å². The van der Waals surface area contributed by atoms with Crippen molar-refractivity contribution in [1.29, 1.82) is 0 Å². The Bertz CT molecular complexity index is 725. The monoisotopic (exact) mass is 505 g/mol. The van der Waals surface area contributed by atoms with Gasteiger partial charge in [0.25, 0.3) is 0 Å². The number of hydrogen-bond donors (Lipinski definition) is 1. The molecule has 0 spiro atoms. The van der Waals surface area contributed by atoms with Gasteiger partial charge in [0.2, 0.25) is 0 Å². The molecule has 0 radical (unpaired) electrons. The maximum atomic E-state index is 12.2. The molecule has 0 amide bonds. The van der Waals surface area contributed by atoms with E-state index in [-0.39, 0.29) is 29.7 Å². The minimum atomic E-state index is -2.81. The summed E-state index contributed by atoms with van der Waals surface area (Å²) in [5.74, 6) is 1.75. The van der Waals surface area contributed by atoms with Crippen LogP contribution in [0.4, 0.5) is 8.78 Å². The Morgan fingerprint density at radius 1 is 1.04 bits per heavy atom. The number of alkyl halides is 2. The molecule has 0 heterocycles. The molecule has 5 nitrogen and oxygen atoms in total. The predicted molar refractivity (Wildman–Crippen MR) is 118 cm³/mol. The summed E-state index contributed by atoms with van der Waals surface area (Å²) in [6.07, 6.45) is 0.858. The van der Waals surface area contributed by atoms with Gasteiger partial charge in [-0.2, -0.15) is 8.78 Å². The highest BCUT2D eigenvalue weighted by Gasteiger charge is 2.08. The number of methoxy groups -OCH3 is 1. The molecule has 2 aromatic rings. The van der Waals surface area contributed by atoms with Gasteiger partial charge < -0.3 is 19.7 Å². The molecule has 0 unspecified atom stereocenters. The Hall–Kier alpha value is -2.10. The van der Waals surface area contributed by atoms with Crippen LogP contribution in [-0.2, 0) is 13.0 Å². The Morgan fingerprint density at radius 2 is 1.61 bits per heavy atom. The fourth-order valence-corrected chi connectivity index (χ4v) is 2.62. The van der Waals surface area contributed by atoms with Crippen LogP contribution in [0.25, 0.3) is 0 Å². The maximum absolute atomic E-state index is 12.2. The van der Waals surface area contributed by atoms with Crippen LogP contribution in [0.1, 0.15) is 11.1 Å². The van der Waals surface area contributed by atoms with Gasteiger partial charge in [0.05, 0.1) is 7.11 Å². The topological polar surface area (TPSA) is 46.1 Å². The van der Waals surface area contributed by atoms with Gasteiger partial charge in [-0.3, -0.25) is 4.99 Å². The summed E-state index contributed by atoms with van der Waals surface area (Å²) in [6, 6.07) is 14.6. The third-order valence-corrected chi connectivity index (χ3v) is 4.00. The number of halogens is 3. The SMILES string of the molecule is CN=C(NCCc1ccc(OC)cc1)N(C)Cc1ccc(OC(F)F)cc1.I. The van der Waals surface area contributed by atoms with Gasteiger partial charge in [-0.15, -0.1) is 24.0 Å². The summed E-state index contributed by atoms with van der Waals surface area (Å²) in [7, 11) is 5.30. The second-order valence-corrected chi connectivity index (χ2v) is 5.95. The number of aliphatic imine (C=N–C) groups is 1. The molecule has 8 heteroatoms. The zero-order chi connectivity index (χ0) is 19.6. The minimum absolute atomic E-state index is 0. The van der Waals surface area contributed by atoms with E-state index in [9.17, 15) is 8.78 Å². The predicted octanol–water partition coefficient (Wildman–Crippen LogP) is 4.16. The number of benzene rings is 2. The lowest BCUT2D eigenvalue weighted by Gasteiger charge is -2.22. The lowest BCUT2D eigenvalue weighted by Crippen LogP contribution is -2.39. The molecule has 2 rings (SSSR count). The highest BCUT2D eigenvalue weighted by Crippen LogP contribution is 2.16. The molecule has 0 aliphatic heterocycles.